The second-order valence-corrected chi connectivity index (χ2v) is 9.02. The number of imidazole rings is 1. The molecular formula is C22H23F2N7OS. The molecule has 4 aromatic rings. The molecule has 0 saturated heterocycles. The molecule has 0 radical (unpaired) electrons. The summed E-state index contributed by atoms with van der Waals surface area (Å²) in [6, 6.07) is 3.77. The Morgan fingerprint density at radius 3 is 2.79 bits per heavy atom. The van der Waals surface area contributed by atoms with Gasteiger partial charge in [0.25, 0.3) is 5.92 Å². The first-order chi connectivity index (χ1) is 15.8. The van der Waals surface area contributed by atoms with E-state index in [2.05, 4.69) is 25.4 Å². The van der Waals surface area contributed by atoms with Crippen LogP contribution in [-0.4, -0.2) is 42.3 Å². The van der Waals surface area contributed by atoms with E-state index >= 15 is 0 Å². The Hall–Kier alpha value is -3.34. The lowest BCUT2D eigenvalue weighted by Crippen LogP contribution is -2.21. The molecule has 4 aromatic heterocycles. The highest BCUT2D eigenvalue weighted by Crippen LogP contribution is 2.35. The number of hydrogen-bond donors (Lipinski definition) is 1. The second kappa shape index (κ2) is 8.22. The second-order valence-electron chi connectivity index (χ2n) is 8.17. The third kappa shape index (κ3) is 4.32. The Kier molecular flexibility index (Phi) is 5.35. The highest BCUT2D eigenvalue weighted by molar-refractivity contribution is 7.14. The van der Waals surface area contributed by atoms with Gasteiger partial charge in [0.05, 0.1) is 30.5 Å². The summed E-state index contributed by atoms with van der Waals surface area (Å²) in [6.45, 7) is 2.34. The lowest BCUT2D eigenvalue weighted by atomic mass is 10.2. The zero-order valence-electron chi connectivity index (χ0n) is 18.5. The van der Waals surface area contributed by atoms with Crippen LogP contribution in [0.1, 0.15) is 30.3 Å². The summed E-state index contributed by atoms with van der Waals surface area (Å²) < 4.78 is 36.1. The highest BCUT2D eigenvalue weighted by atomic mass is 32.1. The lowest BCUT2D eigenvalue weighted by molar-refractivity contribution is 0.00108. The first kappa shape index (κ1) is 21.5. The number of anilines is 2. The SMILES string of the molecule is COc1nc(-c2csc(Nc3c4c(nn3CC(C)(F)F)CCC4)n2)ccc1-n1cnc(C)c1. The summed E-state index contributed by atoms with van der Waals surface area (Å²) in [6.07, 6.45) is 6.21. The van der Waals surface area contributed by atoms with Gasteiger partial charge in [0.1, 0.15) is 23.7 Å². The molecule has 1 N–H and O–H groups in total. The summed E-state index contributed by atoms with van der Waals surface area (Å²) >= 11 is 1.39. The number of nitrogens with zero attached hydrogens (tertiary/aromatic N) is 6. The van der Waals surface area contributed by atoms with Gasteiger partial charge >= 0.3 is 0 Å². The molecule has 5 rings (SSSR count). The fraction of sp³-hybridized carbons (Fsp3) is 0.364. The van der Waals surface area contributed by atoms with Crippen LogP contribution in [0.15, 0.2) is 30.0 Å². The van der Waals surface area contributed by atoms with E-state index in [1.54, 1.807) is 13.4 Å². The van der Waals surface area contributed by atoms with Crippen LogP contribution in [0.25, 0.3) is 17.1 Å². The van der Waals surface area contributed by atoms with Crippen molar-refractivity contribution >= 4 is 22.3 Å². The number of pyridine rings is 1. The first-order valence-corrected chi connectivity index (χ1v) is 11.4. The average Bonchev–Trinajstić information content (AvgIpc) is 3.54. The van der Waals surface area contributed by atoms with Gasteiger partial charge in [-0.15, -0.1) is 11.3 Å². The van der Waals surface area contributed by atoms with Gasteiger partial charge in [0, 0.05) is 24.1 Å². The van der Waals surface area contributed by atoms with Crippen molar-refractivity contribution in [3.8, 4) is 23.0 Å². The van der Waals surface area contributed by atoms with Crippen LogP contribution in [-0.2, 0) is 19.4 Å². The molecule has 0 saturated carbocycles. The third-order valence-electron chi connectivity index (χ3n) is 5.42. The maximum atomic E-state index is 13.7. The van der Waals surface area contributed by atoms with Crippen molar-refractivity contribution < 1.29 is 13.5 Å². The molecular weight excluding hydrogens is 448 g/mol. The summed E-state index contributed by atoms with van der Waals surface area (Å²) in [4.78, 5) is 13.5. The number of aromatic nitrogens is 6. The van der Waals surface area contributed by atoms with E-state index in [0.717, 1.165) is 48.8 Å². The van der Waals surface area contributed by atoms with Gasteiger partial charge < -0.3 is 14.6 Å². The van der Waals surface area contributed by atoms with Gasteiger partial charge in [-0.25, -0.2) is 28.4 Å². The predicted octanol–water partition coefficient (Wildman–Crippen LogP) is 4.79. The molecule has 1 aliphatic carbocycles. The van der Waals surface area contributed by atoms with Gasteiger partial charge in [-0.05, 0) is 38.3 Å². The van der Waals surface area contributed by atoms with Crippen molar-refractivity contribution in [2.24, 2.45) is 0 Å². The van der Waals surface area contributed by atoms with E-state index in [0.29, 0.717) is 28.2 Å². The van der Waals surface area contributed by atoms with Crippen molar-refractivity contribution in [3.63, 3.8) is 0 Å². The minimum Gasteiger partial charge on any atom is -0.479 e. The van der Waals surface area contributed by atoms with Gasteiger partial charge in [-0.1, -0.05) is 0 Å². The molecule has 0 atom stereocenters. The maximum absolute atomic E-state index is 13.7. The minimum absolute atomic E-state index is 0.452. The van der Waals surface area contributed by atoms with E-state index in [1.165, 1.54) is 16.0 Å². The van der Waals surface area contributed by atoms with Gasteiger partial charge in [0.2, 0.25) is 5.88 Å². The molecule has 0 aliphatic heterocycles. The van der Waals surface area contributed by atoms with E-state index in [1.807, 2.05) is 35.2 Å². The molecule has 0 bridgehead atoms. The molecule has 0 amide bonds. The topological polar surface area (TPSA) is 82.7 Å². The Morgan fingerprint density at radius 2 is 2.06 bits per heavy atom. The number of nitrogens with one attached hydrogen (secondary N) is 1. The van der Waals surface area contributed by atoms with Crippen molar-refractivity contribution in [2.45, 2.75) is 45.6 Å². The number of methoxy groups -OCH3 is 1. The van der Waals surface area contributed by atoms with Crippen LogP contribution >= 0.6 is 11.3 Å². The molecule has 4 heterocycles. The molecule has 0 aromatic carbocycles. The predicted molar refractivity (Wildman–Crippen MR) is 122 cm³/mol. The number of ether oxygens (including phenoxy) is 1. The number of hydrogen-bond acceptors (Lipinski definition) is 7. The molecule has 33 heavy (non-hydrogen) atoms. The molecule has 0 fully saturated rings. The molecule has 11 heteroatoms. The van der Waals surface area contributed by atoms with Gasteiger partial charge in [-0.2, -0.15) is 5.10 Å². The maximum Gasteiger partial charge on any atom is 0.264 e. The number of halogens is 2. The number of rotatable bonds is 7. The first-order valence-electron chi connectivity index (χ1n) is 10.6. The zero-order valence-corrected chi connectivity index (χ0v) is 19.3. The summed E-state index contributed by atoms with van der Waals surface area (Å²) in [5.41, 5.74) is 4.86. The number of thiazole rings is 1. The largest absolute Gasteiger partial charge is 0.479 e. The fourth-order valence-electron chi connectivity index (χ4n) is 3.99. The van der Waals surface area contributed by atoms with Crippen molar-refractivity contribution in [1.29, 1.82) is 0 Å². The quantitative estimate of drug-likeness (QED) is 0.417. The van der Waals surface area contributed by atoms with E-state index in [-0.39, 0.29) is 0 Å². The van der Waals surface area contributed by atoms with Gasteiger partial charge in [0.15, 0.2) is 5.13 Å². The summed E-state index contributed by atoms with van der Waals surface area (Å²) in [5.74, 6) is -1.81. The third-order valence-corrected chi connectivity index (χ3v) is 6.17. The van der Waals surface area contributed by atoms with Crippen LogP contribution in [0.5, 0.6) is 5.88 Å². The molecule has 0 unspecified atom stereocenters. The van der Waals surface area contributed by atoms with Gasteiger partial charge in [-0.3, -0.25) is 0 Å². The van der Waals surface area contributed by atoms with Crippen molar-refractivity contribution in [1.82, 2.24) is 29.3 Å². The normalized spacial score (nSPS) is 13.4. The number of aryl methyl sites for hydroxylation is 2. The molecule has 8 nitrogen and oxygen atoms in total. The molecule has 0 spiro atoms. The van der Waals surface area contributed by atoms with Crippen LogP contribution in [0.2, 0.25) is 0 Å². The molecule has 172 valence electrons. The summed E-state index contributed by atoms with van der Waals surface area (Å²) in [7, 11) is 1.57. The van der Waals surface area contributed by atoms with Crippen LogP contribution in [0, 0.1) is 6.92 Å². The number of alkyl halides is 2. The Labute approximate surface area is 193 Å². The average molecular weight is 472 g/mol. The number of fused-ring (bicyclic) bond motifs is 1. The van der Waals surface area contributed by atoms with E-state index in [9.17, 15) is 8.78 Å². The van der Waals surface area contributed by atoms with Crippen LogP contribution < -0.4 is 10.1 Å². The van der Waals surface area contributed by atoms with Crippen molar-refractivity contribution in [2.75, 3.05) is 12.4 Å². The Morgan fingerprint density at radius 1 is 1.21 bits per heavy atom. The minimum atomic E-state index is -2.86. The van der Waals surface area contributed by atoms with Crippen molar-refractivity contribution in [3.05, 3.63) is 47.0 Å². The Balaban J connectivity index is 1.43. The summed E-state index contributed by atoms with van der Waals surface area (Å²) in [5, 5.41) is 10.1. The van der Waals surface area contributed by atoms with Crippen LogP contribution in [0.4, 0.5) is 19.7 Å². The zero-order chi connectivity index (χ0) is 23.2. The lowest BCUT2D eigenvalue weighted by Gasteiger charge is -2.14. The van der Waals surface area contributed by atoms with Crippen LogP contribution in [0.3, 0.4) is 0 Å². The highest BCUT2D eigenvalue weighted by Gasteiger charge is 2.29. The fourth-order valence-corrected chi connectivity index (χ4v) is 4.69. The monoisotopic (exact) mass is 471 g/mol. The van der Waals surface area contributed by atoms with E-state index < -0.39 is 12.5 Å². The Bertz CT molecular complexity index is 1300. The smallest absolute Gasteiger partial charge is 0.264 e. The standard InChI is InChI=1S/C22H23F2N7OS/c1-13-9-30(12-25-13)18-8-7-16(26-20(18)32-3)17-10-33-21(27-17)28-19-14-5-4-6-15(14)29-31(19)11-22(2,23)24/h7-10,12H,4-6,11H2,1-3H3,(H,27,28). The van der Waals surface area contributed by atoms with E-state index in [4.69, 9.17) is 4.74 Å². The molecule has 1 aliphatic rings.